The van der Waals surface area contributed by atoms with Crippen LogP contribution < -0.4 is 24.8 Å². The number of hydrogen-bond acceptors (Lipinski definition) is 15. The van der Waals surface area contributed by atoms with Gasteiger partial charge in [-0.3, -0.25) is 33.6 Å². The summed E-state index contributed by atoms with van der Waals surface area (Å²) in [7, 11) is 7.21. The summed E-state index contributed by atoms with van der Waals surface area (Å²) in [4.78, 5) is 133. The number of likely N-dealkylation sites (N-methyl/N-ethyl adjacent to an activating group) is 3. The van der Waals surface area contributed by atoms with Crippen molar-refractivity contribution in [2.75, 3.05) is 68.2 Å². The quantitative estimate of drug-likeness (QED) is 0.100. The Kier molecular flexibility index (Phi) is 24.2. The van der Waals surface area contributed by atoms with Gasteiger partial charge in [-0.25, -0.2) is 14.0 Å². The molecular formula is C68H79FN6O15. The van der Waals surface area contributed by atoms with Crippen LogP contribution in [0.2, 0.25) is 0 Å². The Morgan fingerprint density at radius 3 is 1.96 bits per heavy atom. The van der Waals surface area contributed by atoms with Crippen LogP contribution in [0.15, 0.2) is 133 Å². The van der Waals surface area contributed by atoms with Gasteiger partial charge in [0.2, 0.25) is 29.4 Å². The molecule has 5 aromatic carbocycles. The molecule has 5 atom stereocenters. The molecule has 0 aliphatic carbocycles. The lowest BCUT2D eigenvalue weighted by atomic mass is 9.87. The minimum absolute atomic E-state index is 0.0108. The highest BCUT2D eigenvalue weighted by atomic mass is 19.1. The number of carbonyl (C=O) groups excluding carboxylic acids is 9. The van der Waals surface area contributed by atoms with Gasteiger partial charge in [0, 0.05) is 65.1 Å². The molecule has 0 radical (unpaired) electrons. The lowest BCUT2D eigenvalue weighted by Gasteiger charge is -2.36. The predicted molar refractivity (Wildman–Crippen MR) is 329 cm³/mol. The third-order valence-corrected chi connectivity index (χ3v) is 15.9. The second kappa shape index (κ2) is 32.0. The number of rotatable bonds is 11. The third-order valence-electron chi connectivity index (χ3n) is 15.9. The largest absolute Gasteiger partial charge is 0.508 e. The number of ether oxygens (including phenoxy) is 5. The molecule has 5 aromatic rings. The average Bonchev–Trinajstić information content (AvgIpc) is 2.26. The summed E-state index contributed by atoms with van der Waals surface area (Å²) in [5.74, 6) is -7.73. The maximum atomic E-state index is 17.2. The topological polar surface area (TPSA) is 257 Å². The van der Waals surface area contributed by atoms with Crippen molar-refractivity contribution in [3.05, 3.63) is 167 Å². The van der Waals surface area contributed by atoms with Crippen LogP contribution in [0.25, 0.3) is 0 Å². The van der Waals surface area contributed by atoms with Crippen LogP contribution in [0, 0.1) is 11.2 Å². The van der Waals surface area contributed by atoms with Gasteiger partial charge in [-0.05, 0) is 105 Å². The van der Waals surface area contributed by atoms with Crippen LogP contribution in [-0.4, -0.2) is 170 Å². The number of methoxy groups -OCH3 is 2. The molecule has 2 aliphatic rings. The van der Waals surface area contributed by atoms with E-state index in [4.69, 9.17) is 23.7 Å². The van der Waals surface area contributed by atoms with E-state index < -0.39 is 120 Å². The number of esters is 2. The number of carbonyl (C=O) groups is 9. The fourth-order valence-electron chi connectivity index (χ4n) is 10.6. The van der Waals surface area contributed by atoms with E-state index in [1.807, 2.05) is 0 Å². The minimum atomic E-state index is -1.57. The van der Waals surface area contributed by atoms with E-state index in [9.17, 15) is 48.3 Å². The first kappa shape index (κ1) is 67.9. The van der Waals surface area contributed by atoms with Gasteiger partial charge in [-0.1, -0.05) is 97.1 Å². The first-order chi connectivity index (χ1) is 43.1. The summed E-state index contributed by atoms with van der Waals surface area (Å²) in [6, 6.07) is 27.9. The van der Waals surface area contributed by atoms with E-state index in [2.05, 4.69) is 10.6 Å². The average molecular weight is 1240 g/mol. The molecule has 1 saturated heterocycles. The number of cyclic esters (lactones) is 2. The molecule has 0 spiro atoms. The highest BCUT2D eigenvalue weighted by Crippen LogP contribution is 2.35. The third kappa shape index (κ3) is 18.5. The molecule has 2 bridgehead atoms. The van der Waals surface area contributed by atoms with Gasteiger partial charge in [0.05, 0.1) is 26.2 Å². The maximum Gasteiger partial charge on any atom is 0.330 e. The van der Waals surface area contributed by atoms with E-state index in [0.717, 1.165) is 26.3 Å². The second-order valence-electron chi connectivity index (χ2n) is 23.0. The van der Waals surface area contributed by atoms with Crippen molar-refractivity contribution in [1.29, 1.82) is 0 Å². The number of amides is 6. The number of fused-ring (bicyclic) bond motifs is 3. The zero-order valence-corrected chi connectivity index (χ0v) is 51.8. The number of piperidine rings is 1. The summed E-state index contributed by atoms with van der Waals surface area (Å²) >= 11 is 0. The van der Waals surface area contributed by atoms with Crippen molar-refractivity contribution in [3.63, 3.8) is 0 Å². The van der Waals surface area contributed by atoms with E-state index in [1.165, 1.54) is 90.5 Å². The van der Waals surface area contributed by atoms with Crippen molar-refractivity contribution in [3.8, 4) is 23.0 Å². The first-order valence-corrected chi connectivity index (χ1v) is 29.8. The molecule has 1 fully saturated rings. The van der Waals surface area contributed by atoms with Gasteiger partial charge in [0.15, 0.2) is 29.7 Å². The lowest BCUT2D eigenvalue weighted by Crippen LogP contribution is -2.57. The van der Waals surface area contributed by atoms with Gasteiger partial charge in [0.25, 0.3) is 11.8 Å². The second-order valence-corrected chi connectivity index (χ2v) is 23.0. The summed E-state index contributed by atoms with van der Waals surface area (Å²) in [6.07, 6.45) is 2.52. The fourth-order valence-corrected chi connectivity index (χ4v) is 10.6. The molecule has 0 unspecified atom stereocenters. The van der Waals surface area contributed by atoms with Gasteiger partial charge in [0.1, 0.15) is 42.6 Å². The first-order valence-electron chi connectivity index (χ1n) is 29.8. The van der Waals surface area contributed by atoms with Crippen LogP contribution >= 0.6 is 0 Å². The summed E-state index contributed by atoms with van der Waals surface area (Å²) in [5.41, 5.74) is 0.873. The molecule has 2 heterocycles. The molecule has 478 valence electrons. The molecule has 7 rings (SSSR count). The SMILES string of the molecule is COc1ccc(CC[C@H]2OC(=O)[C@@H]3CCCCN3C(=O)C(=O)C(C)(C)COC(=O)C=CCCN(C)C(=O)[C@@H](Cc3ccccc3)NC(=O)CN(C)C(=O)[C@@H](Cc3ccccc3)NC(=O)[C@H](Cc3ccc(O)cc3)N(C)C(=O)COc3cccc2c3F)cc1OC. The molecule has 0 saturated carbocycles. The summed E-state index contributed by atoms with van der Waals surface area (Å²) < 4.78 is 45.7. The molecular weight excluding hydrogens is 1160 g/mol. The lowest BCUT2D eigenvalue weighted by molar-refractivity contribution is -0.165. The molecule has 21 nitrogen and oxygen atoms in total. The molecule has 0 aromatic heterocycles. The number of nitrogens with one attached hydrogen (secondary N) is 2. The molecule has 6 amide bonds. The minimum Gasteiger partial charge on any atom is -0.508 e. The Balaban J connectivity index is 1.23. The van der Waals surface area contributed by atoms with Crippen LogP contribution in [0.5, 0.6) is 23.0 Å². The van der Waals surface area contributed by atoms with Gasteiger partial charge < -0.3 is 59.0 Å². The predicted octanol–water partition coefficient (Wildman–Crippen LogP) is 6.07. The van der Waals surface area contributed by atoms with Crippen molar-refractivity contribution in [2.45, 2.75) is 102 Å². The Labute approximate surface area is 523 Å². The normalized spacial score (nSPS) is 21.0. The number of halogens is 1. The summed E-state index contributed by atoms with van der Waals surface area (Å²) in [5, 5.41) is 15.8. The highest BCUT2D eigenvalue weighted by molar-refractivity contribution is 6.38. The number of phenols is 1. The Hall–Kier alpha value is -9.60. The zero-order chi connectivity index (χ0) is 65.1. The van der Waals surface area contributed by atoms with E-state index >= 15 is 4.39 Å². The van der Waals surface area contributed by atoms with Crippen molar-refractivity contribution in [1.82, 2.24) is 30.2 Å². The molecule has 90 heavy (non-hydrogen) atoms. The number of aryl methyl sites for hydroxylation is 1. The Bertz CT molecular complexity index is 3380. The molecule has 3 N–H and O–H groups in total. The molecule has 22 heteroatoms. The van der Waals surface area contributed by atoms with Crippen molar-refractivity contribution in [2.24, 2.45) is 5.41 Å². The highest BCUT2D eigenvalue weighted by Gasteiger charge is 2.43. The fraction of sp³-hybridized carbons (Fsp3) is 0.397. The van der Waals surface area contributed by atoms with Crippen LogP contribution in [0.1, 0.15) is 79.9 Å². The number of ketones is 1. The van der Waals surface area contributed by atoms with Gasteiger partial charge >= 0.3 is 11.9 Å². The van der Waals surface area contributed by atoms with Crippen molar-refractivity contribution >= 4 is 53.2 Å². The van der Waals surface area contributed by atoms with Crippen LogP contribution in [0.3, 0.4) is 0 Å². The zero-order valence-electron chi connectivity index (χ0n) is 51.8. The smallest absolute Gasteiger partial charge is 0.330 e. The van der Waals surface area contributed by atoms with Crippen molar-refractivity contribution < 1.29 is 76.3 Å². The van der Waals surface area contributed by atoms with E-state index in [-0.39, 0.29) is 69.3 Å². The van der Waals surface area contributed by atoms with E-state index in [0.29, 0.717) is 41.0 Å². The summed E-state index contributed by atoms with van der Waals surface area (Å²) in [6.45, 7) is 1.08. The number of Topliss-reactive ketones (excluding diaryl/α,β-unsaturated/α-hetero) is 1. The van der Waals surface area contributed by atoms with Crippen LogP contribution in [-0.2, 0) is 78.3 Å². The number of nitrogens with zero attached hydrogens (tertiary/aromatic N) is 4. The monoisotopic (exact) mass is 1240 g/mol. The number of hydrogen-bond donors (Lipinski definition) is 3. The Morgan fingerprint density at radius 2 is 1.30 bits per heavy atom. The number of phenolic OH excluding ortho intramolecular Hbond substituents is 1. The number of aromatic hydroxyl groups is 1. The van der Waals surface area contributed by atoms with E-state index in [1.54, 1.807) is 91.0 Å². The standard InChI is InChI=1S/C68H79FN6O15/c1-68(2)43-89-60(79)26-15-16-35-72(3)64(82)50(37-44-19-10-8-11-20-44)70-58(77)41-73(4)65(83)51(38-45-21-12-9-13-22-45)71-63(81)53(39-46-27-31-48(76)32-28-46)74(5)59(78)42-88-56-25-18-23-49(61(56)69)54(33-29-47-30-34-55(86-6)57(40-47)87-7)90-67(85)52-24-14-17-36-75(52)66(84)62(68)80/h8-13,15,18-23,25-28,30-32,34,40,50-54,76H,14,16-17,24,29,33,35-39,41-43H2,1-7H3,(H,70,77)(H,71,81)/t50-,51-,52+,53+,54-/m1/s1. The van der Waals surface area contributed by atoms with Gasteiger partial charge in [-0.15, -0.1) is 0 Å². The van der Waals surface area contributed by atoms with Gasteiger partial charge in [-0.2, -0.15) is 0 Å². The van der Waals surface area contributed by atoms with Crippen LogP contribution in [0.4, 0.5) is 4.39 Å². The Morgan fingerprint density at radius 1 is 0.678 bits per heavy atom. The molecule has 2 aliphatic heterocycles. The number of benzene rings is 5. The maximum absolute atomic E-state index is 17.2.